The molecule has 4 rings (SSSR count). The van der Waals surface area contributed by atoms with Crippen molar-refractivity contribution in [3.63, 3.8) is 0 Å². The quantitative estimate of drug-likeness (QED) is 0.386. The van der Waals surface area contributed by atoms with Crippen molar-refractivity contribution in [2.45, 2.75) is 30.8 Å². The average molecular weight is 527 g/mol. The summed E-state index contributed by atoms with van der Waals surface area (Å²) < 4.78 is 42.6. The number of halogens is 3. The van der Waals surface area contributed by atoms with Gasteiger partial charge >= 0.3 is 5.69 Å². The molecule has 146 valence electrons. The highest BCUT2D eigenvalue weighted by atomic mass is 127. The molecule has 1 fully saturated rings. The molecular formula is C16H17ClFIN4O3S. The van der Waals surface area contributed by atoms with E-state index in [1.165, 1.54) is 6.92 Å². The van der Waals surface area contributed by atoms with Crippen molar-refractivity contribution in [3.8, 4) is 0 Å². The van der Waals surface area contributed by atoms with Crippen LogP contribution < -0.4 is 10.6 Å². The minimum Gasteiger partial charge on any atom is -0.349 e. The molecule has 0 amide bonds. The second-order valence-electron chi connectivity index (χ2n) is 7.18. The van der Waals surface area contributed by atoms with Crippen LogP contribution in [0.5, 0.6) is 0 Å². The summed E-state index contributed by atoms with van der Waals surface area (Å²) in [5, 5.41) is -0.0456. The molecule has 2 aliphatic heterocycles. The van der Waals surface area contributed by atoms with Crippen LogP contribution in [0.25, 0.3) is 10.9 Å². The minimum absolute atomic E-state index is 0.00932. The first-order chi connectivity index (χ1) is 12.5. The van der Waals surface area contributed by atoms with E-state index in [2.05, 4.69) is 9.88 Å². The van der Waals surface area contributed by atoms with Gasteiger partial charge in [0.2, 0.25) is 0 Å². The topological polar surface area (TPSA) is 75.5 Å². The number of aromatic nitrogens is 2. The maximum absolute atomic E-state index is 15.1. The molecule has 7 nitrogen and oxygen atoms in total. The van der Waals surface area contributed by atoms with Crippen LogP contribution in [0.2, 0.25) is 5.02 Å². The zero-order valence-electron chi connectivity index (χ0n) is 14.8. The Morgan fingerprint density at radius 2 is 2.00 bits per heavy atom. The van der Waals surface area contributed by atoms with Crippen molar-refractivity contribution in [3.05, 3.63) is 26.9 Å². The second-order valence-corrected chi connectivity index (χ2v) is 10.5. The first-order valence-electron chi connectivity index (χ1n) is 8.34. The maximum Gasteiger partial charge on any atom is 0.359 e. The number of sulfone groups is 1. The molecule has 0 aliphatic carbocycles. The third-order valence-electron chi connectivity index (χ3n) is 5.47. The largest absolute Gasteiger partial charge is 0.359 e. The molecule has 2 aliphatic rings. The van der Waals surface area contributed by atoms with E-state index in [0.717, 1.165) is 2.78 Å². The Bertz CT molecular complexity index is 1150. The van der Waals surface area contributed by atoms with Crippen LogP contribution in [-0.2, 0) is 9.84 Å². The molecule has 1 aromatic carbocycles. The predicted octanol–water partition coefficient (Wildman–Crippen LogP) is 1.99. The Balaban J connectivity index is 2.22. The molecule has 2 atom stereocenters. The zero-order chi connectivity index (χ0) is 19.8. The minimum atomic E-state index is -3.82. The van der Waals surface area contributed by atoms with E-state index >= 15 is 4.39 Å². The number of nitrogens with zero attached hydrogens (tertiary/aromatic N) is 4. The van der Waals surface area contributed by atoms with Gasteiger partial charge in [0, 0.05) is 24.7 Å². The van der Waals surface area contributed by atoms with Gasteiger partial charge in [0.25, 0.3) is 0 Å². The number of hydrogen-bond donors (Lipinski definition) is 0. The summed E-state index contributed by atoms with van der Waals surface area (Å²) in [4.78, 5) is 20.3. The van der Waals surface area contributed by atoms with Gasteiger partial charge in [-0.3, -0.25) is 4.90 Å². The number of anilines is 1. The van der Waals surface area contributed by atoms with Crippen molar-refractivity contribution in [2.24, 2.45) is 0 Å². The van der Waals surface area contributed by atoms with Gasteiger partial charge in [-0.2, -0.15) is 4.98 Å². The van der Waals surface area contributed by atoms with Crippen LogP contribution in [0, 0.1) is 12.7 Å². The highest BCUT2D eigenvalue weighted by Crippen LogP contribution is 2.43. The smallest absolute Gasteiger partial charge is 0.349 e. The van der Waals surface area contributed by atoms with E-state index in [0.29, 0.717) is 13.1 Å². The van der Waals surface area contributed by atoms with Gasteiger partial charge in [0.15, 0.2) is 15.7 Å². The Kier molecular flexibility index (Phi) is 4.48. The van der Waals surface area contributed by atoms with Crippen LogP contribution in [-0.4, -0.2) is 59.1 Å². The molecule has 2 aromatic rings. The van der Waals surface area contributed by atoms with Gasteiger partial charge in [0.1, 0.15) is 11.3 Å². The summed E-state index contributed by atoms with van der Waals surface area (Å²) in [5.74, 6) is -0.676. The molecule has 0 radical (unpaired) electrons. The van der Waals surface area contributed by atoms with E-state index in [4.69, 9.17) is 11.6 Å². The van der Waals surface area contributed by atoms with E-state index in [1.807, 2.05) is 18.9 Å². The fraction of sp³-hybridized carbons (Fsp3) is 0.500. The number of rotatable bonds is 0. The van der Waals surface area contributed by atoms with Crippen LogP contribution in [0.15, 0.2) is 9.69 Å². The van der Waals surface area contributed by atoms with Crippen molar-refractivity contribution in [2.75, 3.05) is 30.8 Å². The normalized spacial score (nSPS) is 24.7. The monoisotopic (exact) mass is 526 g/mol. The fourth-order valence-electron chi connectivity index (χ4n) is 3.87. The summed E-state index contributed by atoms with van der Waals surface area (Å²) in [6.07, 6.45) is 0. The molecule has 27 heavy (non-hydrogen) atoms. The van der Waals surface area contributed by atoms with Crippen LogP contribution in [0.3, 0.4) is 0 Å². The number of fused-ring (bicyclic) bond motifs is 2. The summed E-state index contributed by atoms with van der Waals surface area (Å²) in [7, 11) is -1.90. The van der Waals surface area contributed by atoms with Gasteiger partial charge in [0.05, 0.1) is 50.0 Å². The van der Waals surface area contributed by atoms with Crippen LogP contribution >= 0.6 is 34.5 Å². The highest BCUT2D eigenvalue weighted by Gasteiger charge is 2.41. The van der Waals surface area contributed by atoms with Gasteiger partial charge in [-0.25, -0.2) is 20.4 Å². The molecular weight excluding hydrogens is 510 g/mol. The molecule has 0 bridgehead atoms. The molecule has 3 heterocycles. The Morgan fingerprint density at radius 3 is 2.67 bits per heavy atom. The summed E-state index contributed by atoms with van der Waals surface area (Å²) in [6.45, 7) is 4.40. The lowest BCUT2D eigenvalue weighted by Gasteiger charge is -2.43. The lowest BCUT2D eigenvalue weighted by atomic mass is 10.1. The molecule has 2 unspecified atom stereocenters. The van der Waals surface area contributed by atoms with Gasteiger partial charge < -0.3 is 4.90 Å². The number of hydrogen-bond acceptors (Lipinski definition) is 6. The lowest BCUT2D eigenvalue weighted by Crippen LogP contribution is -2.58. The molecule has 1 aromatic heterocycles. The lowest BCUT2D eigenvalue weighted by molar-refractivity contribution is 0.206. The summed E-state index contributed by atoms with van der Waals surface area (Å²) in [6, 6.07) is -0.279. The average Bonchev–Trinajstić information content (AvgIpc) is 2.66. The third kappa shape index (κ3) is 2.70. The number of likely N-dealkylation sites (N-methyl/N-ethyl adjacent to an activating group) is 1. The van der Waals surface area contributed by atoms with Crippen molar-refractivity contribution >= 4 is 61.0 Å². The number of piperazine rings is 1. The van der Waals surface area contributed by atoms with Crippen LogP contribution in [0.1, 0.15) is 12.5 Å². The molecule has 11 heteroatoms. The van der Waals surface area contributed by atoms with Gasteiger partial charge in [-0.05, 0) is 20.9 Å². The maximum atomic E-state index is 15.1. The Hall–Kier alpha value is -0.980. The summed E-state index contributed by atoms with van der Waals surface area (Å²) in [5.41, 5.74) is -0.720. The number of benzene rings is 1. The first-order valence-corrected chi connectivity index (χ1v) is 11.3. The molecule has 0 spiro atoms. The fourth-order valence-corrected chi connectivity index (χ4v) is 6.85. The molecule has 0 N–H and O–H groups in total. The Morgan fingerprint density at radius 1 is 1.33 bits per heavy atom. The second kappa shape index (κ2) is 6.26. The van der Waals surface area contributed by atoms with E-state index in [1.54, 1.807) is 22.9 Å². The van der Waals surface area contributed by atoms with E-state index in [9.17, 15) is 13.2 Å². The Labute approximate surface area is 174 Å². The SMILES string of the molecule is Cc1c(Cl)c2c3c(nc(=O)n(I)c3c1F)N1CC(C)N(C)CC1CS2(=O)=O. The van der Waals surface area contributed by atoms with E-state index < -0.39 is 27.4 Å². The van der Waals surface area contributed by atoms with Gasteiger partial charge in [-0.1, -0.05) is 11.6 Å². The van der Waals surface area contributed by atoms with E-state index in [-0.39, 0.29) is 44.0 Å². The van der Waals surface area contributed by atoms with Crippen molar-refractivity contribution in [1.29, 1.82) is 0 Å². The highest BCUT2D eigenvalue weighted by molar-refractivity contribution is 14.1. The van der Waals surface area contributed by atoms with Crippen molar-refractivity contribution < 1.29 is 12.8 Å². The predicted molar refractivity (Wildman–Crippen MR) is 110 cm³/mol. The first kappa shape index (κ1) is 19.3. The summed E-state index contributed by atoms with van der Waals surface area (Å²) >= 11 is 7.97. The molecule has 0 saturated carbocycles. The van der Waals surface area contributed by atoms with Crippen LogP contribution in [0.4, 0.5) is 10.2 Å². The van der Waals surface area contributed by atoms with Crippen molar-refractivity contribution in [1.82, 2.24) is 12.7 Å². The third-order valence-corrected chi connectivity index (χ3v) is 8.80. The van der Waals surface area contributed by atoms with Gasteiger partial charge in [-0.15, -0.1) is 0 Å². The zero-order valence-corrected chi connectivity index (χ0v) is 18.6. The standard InChI is InChI=1S/C16H17ClFIN4O3S/c1-7-4-22-9(5-21(7)3)6-27(25,26)14-10-13(12(18)8(2)11(14)17)23(19)16(24)20-15(10)22/h7,9H,4-6H2,1-3H3. The molecule has 1 saturated heterocycles.